The lowest BCUT2D eigenvalue weighted by Gasteiger charge is -2.28. The van der Waals surface area contributed by atoms with Crippen LogP contribution in [-0.4, -0.2) is 29.5 Å². The SMILES string of the molecule is CCCOc1ccc(N2C(=O)[C@H]3[C@@H](ON(c4ccccc4)[C@H]3c3ccncc3)C2=O)cc1. The van der Waals surface area contributed by atoms with E-state index in [1.54, 1.807) is 41.7 Å². The summed E-state index contributed by atoms with van der Waals surface area (Å²) < 4.78 is 5.61. The third kappa shape index (κ3) is 3.40. The molecule has 0 aliphatic carbocycles. The highest BCUT2D eigenvalue weighted by atomic mass is 16.7. The Morgan fingerprint density at radius 3 is 2.31 bits per heavy atom. The van der Waals surface area contributed by atoms with Gasteiger partial charge in [0.05, 0.1) is 24.0 Å². The van der Waals surface area contributed by atoms with Crippen molar-refractivity contribution in [2.45, 2.75) is 25.5 Å². The van der Waals surface area contributed by atoms with Gasteiger partial charge >= 0.3 is 0 Å². The van der Waals surface area contributed by atoms with Crippen molar-refractivity contribution >= 4 is 23.2 Å². The van der Waals surface area contributed by atoms with Crippen LogP contribution < -0.4 is 14.7 Å². The summed E-state index contributed by atoms with van der Waals surface area (Å²) in [4.78, 5) is 38.3. The minimum atomic E-state index is -0.892. The van der Waals surface area contributed by atoms with Crippen LogP contribution in [0.15, 0.2) is 79.1 Å². The quantitative estimate of drug-likeness (QED) is 0.553. The fourth-order valence-corrected chi connectivity index (χ4v) is 4.28. The highest BCUT2D eigenvalue weighted by Crippen LogP contribution is 2.47. The van der Waals surface area contributed by atoms with Gasteiger partial charge in [-0.1, -0.05) is 25.1 Å². The zero-order valence-corrected chi connectivity index (χ0v) is 17.6. The summed E-state index contributed by atoms with van der Waals surface area (Å²) >= 11 is 0. The first-order chi connectivity index (χ1) is 15.7. The molecule has 2 aromatic carbocycles. The van der Waals surface area contributed by atoms with Crippen LogP contribution in [0, 0.1) is 5.92 Å². The molecule has 2 amide bonds. The summed E-state index contributed by atoms with van der Waals surface area (Å²) in [5.74, 6) is -0.598. The molecule has 0 unspecified atom stereocenters. The number of imide groups is 1. The number of aromatic nitrogens is 1. The minimum Gasteiger partial charge on any atom is -0.494 e. The zero-order valence-electron chi connectivity index (χ0n) is 17.6. The number of benzene rings is 2. The van der Waals surface area contributed by atoms with Crippen LogP contribution in [-0.2, 0) is 14.4 Å². The Kier molecular flexibility index (Phi) is 5.33. The van der Waals surface area contributed by atoms with E-state index in [2.05, 4.69) is 4.98 Å². The molecule has 3 aromatic rings. The molecule has 5 rings (SSSR count). The van der Waals surface area contributed by atoms with E-state index in [-0.39, 0.29) is 11.8 Å². The Bertz CT molecular complexity index is 1110. The largest absolute Gasteiger partial charge is 0.494 e. The molecule has 0 saturated carbocycles. The third-order valence-corrected chi connectivity index (χ3v) is 5.74. The van der Waals surface area contributed by atoms with Crippen LogP contribution in [0.2, 0.25) is 0 Å². The maximum absolute atomic E-state index is 13.6. The second-order valence-electron chi connectivity index (χ2n) is 7.79. The van der Waals surface area contributed by atoms with Gasteiger partial charge in [-0.05, 0) is 60.5 Å². The number of para-hydroxylation sites is 1. The average Bonchev–Trinajstić information content (AvgIpc) is 3.35. The van der Waals surface area contributed by atoms with Crippen LogP contribution in [0.4, 0.5) is 11.4 Å². The molecule has 0 N–H and O–H groups in total. The number of amides is 2. The Morgan fingerprint density at radius 1 is 0.906 bits per heavy atom. The van der Waals surface area contributed by atoms with E-state index < -0.39 is 18.1 Å². The van der Waals surface area contributed by atoms with Gasteiger partial charge in [0.2, 0.25) is 5.91 Å². The molecule has 2 saturated heterocycles. The molecule has 0 bridgehead atoms. The van der Waals surface area contributed by atoms with Crippen LogP contribution in [0.25, 0.3) is 0 Å². The van der Waals surface area contributed by atoms with Crippen molar-refractivity contribution in [3.63, 3.8) is 0 Å². The molecule has 162 valence electrons. The third-order valence-electron chi connectivity index (χ3n) is 5.74. The first-order valence-corrected chi connectivity index (χ1v) is 10.7. The predicted octanol–water partition coefficient (Wildman–Crippen LogP) is 3.92. The number of pyridine rings is 1. The molecule has 2 fully saturated rings. The fourth-order valence-electron chi connectivity index (χ4n) is 4.28. The van der Waals surface area contributed by atoms with Crippen molar-refractivity contribution in [3.8, 4) is 5.75 Å². The molecule has 0 radical (unpaired) electrons. The molecule has 3 atom stereocenters. The average molecular weight is 429 g/mol. The summed E-state index contributed by atoms with van der Waals surface area (Å²) in [7, 11) is 0. The fraction of sp³-hybridized carbons (Fsp3) is 0.240. The number of rotatable bonds is 6. The Labute approximate surface area is 186 Å². The summed E-state index contributed by atoms with van der Waals surface area (Å²) in [6.07, 6.45) is 3.37. The number of ether oxygens (including phenoxy) is 1. The smallest absolute Gasteiger partial charge is 0.266 e. The van der Waals surface area contributed by atoms with E-state index in [0.717, 1.165) is 17.7 Å². The number of hydroxylamine groups is 1. The van der Waals surface area contributed by atoms with Crippen molar-refractivity contribution in [3.05, 3.63) is 84.7 Å². The summed E-state index contributed by atoms with van der Waals surface area (Å²) in [6, 6.07) is 19.8. The Morgan fingerprint density at radius 2 is 1.62 bits per heavy atom. The maximum atomic E-state index is 13.6. The molecule has 32 heavy (non-hydrogen) atoms. The van der Waals surface area contributed by atoms with Gasteiger partial charge in [0, 0.05) is 12.4 Å². The van der Waals surface area contributed by atoms with E-state index in [9.17, 15) is 9.59 Å². The maximum Gasteiger partial charge on any atom is 0.266 e. The molecule has 2 aliphatic heterocycles. The van der Waals surface area contributed by atoms with E-state index in [1.165, 1.54) is 4.90 Å². The first kappa shape index (κ1) is 20.2. The zero-order chi connectivity index (χ0) is 22.1. The highest BCUT2D eigenvalue weighted by molar-refractivity contribution is 6.23. The lowest BCUT2D eigenvalue weighted by atomic mass is 9.91. The standard InChI is InChI=1S/C25H23N3O4/c1-2-16-31-20-10-8-18(9-11-20)27-24(29)21-22(17-12-14-26-15-13-17)28(32-23(21)25(27)30)19-6-4-3-5-7-19/h3-15,21-23H,2,16H2,1H3/t21-,22+,23-/m1/s1. The monoisotopic (exact) mass is 429 g/mol. The number of carbonyl (C=O) groups excluding carboxylic acids is 2. The van der Waals surface area contributed by atoms with Gasteiger partial charge in [0.25, 0.3) is 5.91 Å². The number of hydrogen-bond acceptors (Lipinski definition) is 6. The molecular weight excluding hydrogens is 406 g/mol. The van der Waals surface area contributed by atoms with Crippen molar-refractivity contribution in [2.75, 3.05) is 16.6 Å². The number of nitrogens with zero attached hydrogens (tertiary/aromatic N) is 3. The Balaban J connectivity index is 1.49. The molecule has 2 aliphatic rings. The van der Waals surface area contributed by atoms with Crippen molar-refractivity contribution < 1.29 is 19.2 Å². The minimum absolute atomic E-state index is 0.275. The van der Waals surface area contributed by atoms with Crippen LogP contribution >= 0.6 is 0 Å². The van der Waals surface area contributed by atoms with Gasteiger partial charge in [0.1, 0.15) is 11.7 Å². The summed E-state index contributed by atoms with van der Waals surface area (Å²) in [5, 5.41) is 1.68. The summed E-state index contributed by atoms with van der Waals surface area (Å²) in [6.45, 7) is 2.65. The molecular formula is C25H23N3O4. The number of anilines is 2. The van der Waals surface area contributed by atoms with E-state index in [1.807, 2.05) is 49.4 Å². The van der Waals surface area contributed by atoms with Crippen molar-refractivity contribution in [2.24, 2.45) is 5.92 Å². The lowest BCUT2D eigenvalue weighted by Crippen LogP contribution is -2.37. The van der Waals surface area contributed by atoms with Gasteiger partial charge in [0.15, 0.2) is 6.10 Å². The second-order valence-corrected chi connectivity index (χ2v) is 7.79. The van der Waals surface area contributed by atoms with Gasteiger partial charge in [-0.2, -0.15) is 0 Å². The van der Waals surface area contributed by atoms with Gasteiger partial charge < -0.3 is 4.74 Å². The molecule has 7 heteroatoms. The van der Waals surface area contributed by atoms with Crippen molar-refractivity contribution in [1.82, 2.24) is 4.98 Å². The number of carbonyl (C=O) groups is 2. The second kappa shape index (κ2) is 8.43. The van der Waals surface area contributed by atoms with Gasteiger partial charge in [-0.25, -0.2) is 9.96 Å². The van der Waals surface area contributed by atoms with Gasteiger partial charge in [-0.3, -0.25) is 19.4 Å². The lowest BCUT2D eigenvalue weighted by molar-refractivity contribution is -0.126. The molecule has 3 heterocycles. The normalized spacial score (nSPS) is 22.3. The number of hydrogen-bond donors (Lipinski definition) is 0. The Hall–Kier alpha value is -3.71. The van der Waals surface area contributed by atoms with Crippen LogP contribution in [0.5, 0.6) is 5.75 Å². The van der Waals surface area contributed by atoms with E-state index in [4.69, 9.17) is 9.57 Å². The van der Waals surface area contributed by atoms with E-state index >= 15 is 0 Å². The van der Waals surface area contributed by atoms with E-state index in [0.29, 0.717) is 18.0 Å². The van der Waals surface area contributed by atoms with Crippen LogP contribution in [0.1, 0.15) is 24.9 Å². The summed E-state index contributed by atoms with van der Waals surface area (Å²) in [5.41, 5.74) is 2.16. The predicted molar refractivity (Wildman–Crippen MR) is 119 cm³/mol. The topological polar surface area (TPSA) is 72.0 Å². The highest BCUT2D eigenvalue weighted by Gasteiger charge is 2.60. The molecule has 0 spiro atoms. The molecule has 1 aromatic heterocycles. The number of fused-ring (bicyclic) bond motifs is 1. The van der Waals surface area contributed by atoms with Crippen molar-refractivity contribution in [1.29, 1.82) is 0 Å². The van der Waals surface area contributed by atoms with Crippen LogP contribution in [0.3, 0.4) is 0 Å². The van der Waals surface area contributed by atoms with Gasteiger partial charge in [-0.15, -0.1) is 0 Å². The first-order valence-electron chi connectivity index (χ1n) is 10.7. The molecule has 7 nitrogen and oxygen atoms in total.